The van der Waals surface area contributed by atoms with Gasteiger partial charge in [0.1, 0.15) is 18.5 Å². The molecule has 4 heterocycles. The fourth-order valence-corrected chi connectivity index (χ4v) is 3.57. The monoisotopic (exact) mass is 366 g/mol. The maximum absolute atomic E-state index is 12.5. The van der Waals surface area contributed by atoms with Gasteiger partial charge in [-0.05, 0) is 48.4 Å². The van der Waals surface area contributed by atoms with Crippen LogP contribution in [0.15, 0.2) is 31.0 Å². The van der Waals surface area contributed by atoms with Crippen LogP contribution in [0.2, 0.25) is 0 Å². The van der Waals surface area contributed by atoms with Crippen molar-refractivity contribution in [1.29, 1.82) is 0 Å². The molecule has 0 aliphatic carbocycles. The third-order valence-corrected chi connectivity index (χ3v) is 5.12. The van der Waals surface area contributed by atoms with Crippen LogP contribution in [0.25, 0.3) is 6.08 Å². The minimum absolute atomic E-state index is 0.000641. The molecule has 0 bridgehead atoms. The number of aryl methyl sites for hydroxylation is 1. The van der Waals surface area contributed by atoms with E-state index in [-0.39, 0.29) is 11.8 Å². The minimum Gasteiger partial charge on any atom is -0.339 e. The van der Waals surface area contributed by atoms with Crippen molar-refractivity contribution in [2.45, 2.75) is 32.2 Å². The second kappa shape index (κ2) is 7.69. The highest BCUT2D eigenvalue weighted by Crippen LogP contribution is 2.22. The molecule has 8 heteroatoms. The molecule has 1 saturated heterocycles. The van der Waals surface area contributed by atoms with Crippen molar-refractivity contribution < 1.29 is 9.59 Å². The second-order valence-electron chi connectivity index (χ2n) is 7.04. The summed E-state index contributed by atoms with van der Waals surface area (Å²) in [6, 6.07) is 1.98. The van der Waals surface area contributed by atoms with E-state index in [1.165, 1.54) is 0 Å². The van der Waals surface area contributed by atoms with Gasteiger partial charge in [0, 0.05) is 38.3 Å². The van der Waals surface area contributed by atoms with E-state index in [1.54, 1.807) is 31.0 Å². The summed E-state index contributed by atoms with van der Waals surface area (Å²) >= 11 is 0. The van der Waals surface area contributed by atoms with Crippen molar-refractivity contribution in [3.8, 4) is 0 Å². The van der Waals surface area contributed by atoms with Gasteiger partial charge >= 0.3 is 0 Å². The summed E-state index contributed by atoms with van der Waals surface area (Å²) in [7, 11) is 0. The van der Waals surface area contributed by atoms with Gasteiger partial charge in [0.15, 0.2) is 0 Å². The summed E-state index contributed by atoms with van der Waals surface area (Å²) in [4.78, 5) is 34.0. The molecule has 140 valence electrons. The van der Waals surface area contributed by atoms with E-state index < -0.39 is 0 Å². The first-order valence-corrected chi connectivity index (χ1v) is 9.25. The van der Waals surface area contributed by atoms with E-state index in [1.807, 2.05) is 15.6 Å². The topological polar surface area (TPSA) is 93.0 Å². The predicted molar refractivity (Wildman–Crippen MR) is 99.5 cm³/mol. The van der Waals surface area contributed by atoms with Gasteiger partial charge in [-0.15, -0.1) is 0 Å². The molecule has 2 amide bonds. The van der Waals surface area contributed by atoms with Gasteiger partial charge in [-0.25, -0.2) is 9.97 Å². The molecule has 1 fully saturated rings. The van der Waals surface area contributed by atoms with Crippen LogP contribution >= 0.6 is 0 Å². The van der Waals surface area contributed by atoms with Crippen LogP contribution in [0.1, 0.15) is 30.4 Å². The first-order chi connectivity index (χ1) is 13.2. The number of piperidine rings is 1. The van der Waals surface area contributed by atoms with Crippen LogP contribution in [0, 0.1) is 5.92 Å². The molecule has 0 aromatic carbocycles. The normalized spacial score (nSPS) is 17.8. The average Bonchev–Trinajstić information content (AvgIpc) is 3.19. The Bertz CT molecular complexity index is 853. The molecule has 0 spiro atoms. The first-order valence-electron chi connectivity index (χ1n) is 9.25. The smallest absolute Gasteiger partial charge is 0.246 e. The number of carbonyl (C=O) groups excluding carboxylic acids is 2. The zero-order valence-electron chi connectivity index (χ0n) is 15.0. The Morgan fingerprint density at radius 3 is 2.93 bits per heavy atom. The van der Waals surface area contributed by atoms with Gasteiger partial charge in [-0.2, -0.15) is 5.10 Å². The van der Waals surface area contributed by atoms with Gasteiger partial charge in [0.25, 0.3) is 0 Å². The SMILES string of the molecule is O=C1CCc2cc(C=CC(=O)N3CCC(Cn4cncn4)CC3)cnc2N1. The number of hydrogen-bond donors (Lipinski definition) is 1. The number of nitrogens with one attached hydrogen (secondary N) is 1. The molecule has 27 heavy (non-hydrogen) atoms. The molecule has 2 aliphatic rings. The largest absolute Gasteiger partial charge is 0.339 e. The van der Waals surface area contributed by atoms with Crippen molar-refractivity contribution in [1.82, 2.24) is 24.6 Å². The van der Waals surface area contributed by atoms with Crippen molar-refractivity contribution in [3.63, 3.8) is 0 Å². The zero-order valence-corrected chi connectivity index (χ0v) is 15.0. The van der Waals surface area contributed by atoms with Gasteiger partial charge in [-0.1, -0.05) is 0 Å². The molecule has 2 aromatic heterocycles. The number of pyridine rings is 1. The number of fused-ring (bicyclic) bond motifs is 1. The number of amides is 2. The van der Waals surface area contributed by atoms with Crippen LogP contribution in [0.5, 0.6) is 0 Å². The van der Waals surface area contributed by atoms with E-state index in [9.17, 15) is 9.59 Å². The van der Waals surface area contributed by atoms with Crippen LogP contribution in [-0.2, 0) is 22.6 Å². The minimum atomic E-state index is 0.000641. The first kappa shape index (κ1) is 17.4. The average molecular weight is 366 g/mol. The van der Waals surface area contributed by atoms with Crippen LogP contribution < -0.4 is 5.32 Å². The molecule has 0 radical (unpaired) electrons. The van der Waals surface area contributed by atoms with Gasteiger partial charge in [-0.3, -0.25) is 14.3 Å². The number of likely N-dealkylation sites (tertiary alicyclic amines) is 1. The van der Waals surface area contributed by atoms with E-state index in [4.69, 9.17) is 0 Å². The summed E-state index contributed by atoms with van der Waals surface area (Å²) in [6.07, 6.45) is 11.5. The molecular formula is C19H22N6O2. The fraction of sp³-hybridized carbons (Fsp3) is 0.421. The Balaban J connectivity index is 1.31. The van der Waals surface area contributed by atoms with Crippen LogP contribution in [0.4, 0.5) is 5.82 Å². The van der Waals surface area contributed by atoms with Gasteiger partial charge in [0.2, 0.25) is 11.8 Å². The number of anilines is 1. The molecule has 0 saturated carbocycles. The van der Waals surface area contributed by atoms with E-state index >= 15 is 0 Å². The predicted octanol–water partition coefficient (Wildman–Crippen LogP) is 1.51. The third-order valence-electron chi connectivity index (χ3n) is 5.12. The quantitative estimate of drug-likeness (QED) is 0.828. The Labute approximate surface area is 157 Å². The lowest BCUT2D eigenvalue weighted by Gasteiger charge is -2.31. The molecule has 0 unspecified atom stereocenters. The summed E-state index contributed by atoms with van der Waals surface area (Å²) < 4.78 is 1.85. The standard InChI is InChI=1S/C19H22N6O2/c26-17-3-2-16-9-15(10-21-19(16)23-17)1-4-18(27)24-7-5-14(6-8-24)11-25-13-20-12-22-25/h1,4,9-10,12-14H,2-3,5-8,11H2,(H,21,23,26). The second-order valence-corrected chi connectivity index (χ2v) is 7.04. The number of aromatic nitrogens is 4. The highest BCUT2D eigenvalue weighted by Gasteiger charge is 2.22. The summed E-state index contributed by atoms with van der Waals surface area (Å²) in [5, 5.41) is 6.91. The molecule has 0 atom stereocenters. The van der Waals surface area contributed by atoms with Gasteiger partial charge < -0.3 is 10.2 Å². The Kier molecular flexibility index (Phi) is 4.95. The summed E-state index contributed by atoms with van der Waals surface area (Å²) in [5.74, 6) is 1.19. The zero-order chi connectivity index (χ0) is 18.6. The number of carbonyl (C=O) groups is 2. The highest BCUT2D eigenvalue weighted by atomic mass is 16.2. The lowest BCUT2D eigenvalue weighted by atomic mass is 9.97. The maximum Gasteiger partial charge on any atom is 0.246 e. The lowest BCUT2D eigenvalue weighted by molar-refractivity contribution is -0.127. The molecule has 2 aromatic rings. The molecule has 1 N–H and O–H groups in total. The van der Waals surface area contributed by atoms with E-state index in [2.05, 4.69) is 20.4 Å². The van der Waals surface area contributed by atoms with Crippen LogP contribution in [0.3, 0.4) is 0 Å². The van der Waals surface area contributed by atoms with Crippen molar-refractivity contribution in [2.75, 3.05) is 18.4 Å². The Morgan fingerprint density at radius 1 is 1.30 bits per heavy atom. The Morgan fingerprint density at radius 2 is 2.15 bits per heavy atom. The molecule has 4 rings (SSSR count). The van der Waals surface area contributed by atoms with Crippen molar-refractivity contribution in [3.05, 3.63) is 42.1 Å². The van der Waals surface area contributed by atoms with E-state index in [0.717, 1.165) is 43.6 Å². The third kappa shape index (κ3) is 4.21. The van der Waals surface area contributed by atoms with Crippen molar-refractivity contribution in [2.24, 2.45) is 5.92 Å². The Hall–Kier alpha value is -3.03. The van der Waals surface area contributed by atoms with Crippen molar-refractivity contribution >= 4 is 23.7 Å². The molecule has 2 aliphatic heterocycles. The van der Waals surface area contributed by atoms with Crippen LogP contribution in [-0.4, -0.2) is 49.6 Å². The fourth-order valence-electron chi connectivity index (χ4n) is 3.57. The van der Waals surface area contributed by atoms with E-state index in [0.29, 0.717) is 24.6 Å². The maximum atomic E-state index is 12.5. The number of rotatable bonds is 4. The molecular weight excluding hydrogens is 344 g/mol. The lowest BCUT2D eigenvalue weighted by Crippen LogP contribution is -2.38. The summed E-state index contributed by atoms with van der Waals surface area (Å²) in [6.45, 7) is 2.38. The highest BCUT2D eigenvalue weighted by molar-refractivity contribution is 5.93. The summed E-state index contributed by atoms with van der Waals surface area (Å²) in [5.41, 5.74) is 1.89. The van der Waals surface area contributed by atoms with Gasteiger partial charge in [0.05, 0.1) is 0 Å². The number of hydrogen-bond acceptors (Lipinski definition) is 5. The number of nitrogens with zero attached hydrogens (tertiary/aromatic N) is 5. The molecule has 8 nitrogen and oxygen atoms in total.